The second kappa shape index (κ2) is 8.05. The Morgan fingerprint density at radius 2 is 1.17 bits per heavy atom. The highest BCUT2D eigenvalue weighted by molar-refractivity contribution is 5.73. The lowest BCUT2D eigenvalue weighted by atomic mass is 10.1. The summed E-state index contributed by atoms with van der Waals surface area (Å²) in [6.07, 6.45) is 5.90. The van der Waals surface area contributed by atoms with Gasteiger partial charge in [0, 0.05) is 0 Å². The molecular formula is C12H22N2O4. The Bertz CT molecular complexity index is 243. The average molecular weight is 258 g/mol. The Morgan fingerprint density at radius 1 is 0.778 bits per heavy atom. The summed E-state index contributed by atoms with van der Waals surface area (Å²) in [6.45, 7) is 1.72. The molecule has 2 rings (SSSR count). The van der Waals surface area contributed by atoms with Crippen LogP contribution < -0.4 is 10.6 Å². The van der Waals surface area contributed by atoms with Crippen LogP contribution in [0.3, 0.4) is 0 Å². The van der Waals surface area contributed by atoms with Crippen LogP contribution in [0.1, 0.15) is 38.5 Å². The van der Waals surface area contributed by atoms with Crippen molar-refractivity contribution in [2.24, 2.45) is 0 Å². The molecule has 2 aliphatic heterocycles. The number of carbonyl (C=O) groups is 2. The fourth-order valence-electron chi connectivity index (χ4n) is 2.13. The van der Waals surface area contributed by atoms with Crippen LogP contribution in [0.4, 0.5) is 0 Å². The lowest BCUT2D eigenvalue weighted by Gasteiger charge is -2.18. The number of piperidine rings is 2. The van der Waals surface area contributed by atoms with Crippen molar-refractivity contribution in [1.29, 1.82) is 0 Å². The van der Waals surface area contributed by atoms with Crippen molar-refractivity contribution in [3.8, 4) is 0 Å². The number of hydrogen-bond donors (Lipinski definition) is 4. The number of carboxylic acids is 2. The normalized spacial score (nSPS) is 27.8. The van der Waals surface area contributed by atoms with Gasteiger partial charge in [-0.05, 0) is 38.8 Å². The molecule has 0 aliphatic carbocycles. The molecule has 0 aromatic rings. The monoisotopic (exact) mass is 258 g/mol. The average Bonchev–Trinajstić information content (AvgIpc) is 2.41. The van der Waals surface area contributed by atoms with Gasteiger partial charge in [0.2, 0.25) is 0 Å². The van der Waals surface area contributed by atoms with Gasteiger partial charge >= 0.3 is 11.9 Å². The third-order valence-corrected chi connectivity index (χ3v) is 3.22. The molecule has 4 N–H and O–H groups in total. The van der Waals surface area contributed by atoms with Gasteiger partial charge in [0.25, 0.3) is 0 Å². The quantitative estimate of drug-likeness (QED) is 0.573. The molecule has 0 bridgehead atoms. The highest BCUT2D eigenvalue weighted by Crippen LogP contribution is 2.06. The van der Waals surface area contributed by atoms with Crippen molar-refractivity contribution in [3.05, 3.63) is 0 Å². The molecule has 2 atom stereocenters. The molecule has 0 saturated carbocycles. The standard InChI is InChI=1S/2C6H11NO2/c2*8-6(9)5-3-1-2-4-7-5/h2*5,7H,1-4H2,(H,8,9)/t2*5-/m11/s1. The molecule has 104 valence electrons. The van der Waals surface area contributed by atoms with Crippen molar-refractivity contribution < 1.29 is 19.8 Å². The van der Waals surface area contributed by atoms with E-state index >= 15 is 0 Å². The summed E-state index contributed by atoms with van der Waals surface area (Å²) in [6, 6.07) is -0.558. The second-order valence-electron chi connectivity index (χ2n) is 4.68. The van der Waals surface area contributed by atoms with Crippen LogP contribution in [-0.4, -0.2) is 47.3 Å². The van der Waals surface area contributed by atoms with Crippen LogP contribution in [0.2, 0.25) is 0 Å². The zero-order valence-electron chi connectivity index (χ0n) is 10.5. The van der Waals surface area contributed by atoms with E-state index in [9.17, 15) is 9.59 Å². The van der Waals surface area contributed by atoms with E-state index in [2.05, 4.69) is 10.6 Å². The summed E-state index contributed by atoms with van der Waals surface area (Å²) in [5, 5.41) is 22.8. The lowest BCUT2D eigenvalue weighted by Crippen LogP contribution is -2.40. The topological polar surface area (TPSA) is 98.7 Å². The van der Waals surface area contributed by atoms with Crippen LogP contribution in [0.15, 0.2) is 0 Å². The summed E-state index contributed by atoms with van der Waals surface area (Å²) in [4.78, 5) is 20.6. The van der Waals surface area contributed by atoms with Gasteiger partial charge in [-0.15, -0.1) is 0 Å². The Balaban J connectivity index is 0.000000180. The molecule has 0 amide bonds. The number of nitrogens with one attached hydrogen (secondary N) is 2. The molecule has 0 aromatic heterocycles. The van der Waals surface area contributed by atoms with Crippen LogP contribution in [0.5, 0.6) is 0 Å². The Labute approximate surface area is 107 Å². The van der Waals surface area contributed by atoms with E-state index in [1.54, 1.807) is 0 Å². The van der Waals surface area contributed by atoms with Gasteiger partial charge in [0.1, 0.15) is 12.1 Å². The minimum absolute atomic E-state index is 0.279. The number of hydrogen-bond acceptors (Lipinski definition) is 4. The summed E-state index contributed by atoms with van der Waals surface area (Å²) in [5.41, 5.74) is 0. The van der Waals surface area contributed by atoms with Gasteiger partial charge < -0.3 is 20.8 Å². The van der Waals surface area contributed by atoms with Crippen LogP contribution in [0, 0.1) is 0 Å². The fraction of sp³-hybridized carbons (Fsp3) is 0.833. The van der Waals surface area contributed by atoms with Crippen molar-refractivity contribution in [1.82, 2.24) is 10.6 Å². The molecule has 2 saturated heterocycles. The smallest absolute Gasteiger partial charge is 0.320 e. The van der Waals surface area contributed by atoms with Gasteiger partial charge in [-0.1, -0.05) is 12.8 Å². The summed E-state index contributed by atoms with van der Waals surface area (Å²) in [7, 11) is 0. The molecule has 18 heavy (non-hydrogen) atoms. The van der Waals surface area contributed by atoms with Crippen LogP contribution >= 0.6 is 0 Å². The molecule has 2 aliphatic rings. The van der Waals surface area contributed by atoms with Crippen LogP contribution in [0.25, 0.3) is 0 Å². The first-order chi connectivity index (χ1) is 8.61. The zero-order valence-corrected chi connectivity index (χ0v) is 10.5. The van der Waals surface area contributed by atoms with E-state index in [1.165, 1.54) is 0 Å². The predicted molar refractivity (Wildman–Crippen MR) is 66.6 cm³/mol. The van der Waals surface area contributed by atoms with E-state index in [0.717, 1.165) is 51.6 Å². The number of rotatable bonds is 2. The maximum atomic E-state index is 10.3. The minimum atomic E-state index is -0.713. The Morgan fingerprint density at radius 3 is 1.33 bits per heavy atom. The minimum Gasteiger partial charge on any atom is -0.480 e. The van der Waals surface area contributed by atoms with E-state index in [0.29, 0.717) is 0 Å². The van der Waals surface area contributed by atoms with Gasteiger partial charge in [0.05, 0.1) is 0 Å². The zero-order chi connectivity index (χ0) is 13.4. The lowest BCUT2D eigenvalue weighted by molar-refractivity contribution is -0.141. The number of carboxylic acid groups (broad SMARTS) is 2. The first kappa shape index (κ1) is 14.9. The highest BCUT2D eigenvalue weighted by atomic mass is 16.4. The fourth-order valence-corrected chi connectivity index (χ4v) is 2.13. The van der Waals surface area contributed by atoms with Gasteiger partial charge in [-0.25, -0.2) is 0 Å². The summed E-state index contributed by atoms with van der Waals surface area (Å²) in [5.74, 6) is -1.43. The molecule has 0 aromatic carbocycles. The van der Waals surface area contributed by atoms with E-state index < -0.39 is 11.9 Å². The summed E-state index contributed by atoms with van der Waals surface area (Å²) < 4.78 is 0. The largest absolute Gasteiger partial charge is 0.480 e. The van der Waals surface area contributed by atoms with E-state index in [1.807, 2.05) is 0 Å². The van der Waals surface area contributed by atoms with Gasteiger partial charge in [-0.2, -0.15) is 0 Å². The number of aliphatic carboxylic acids is 2. The predicted octanol–water partition coefficient (Wildman–Crippen LogP) is 0.426. The third-order valence-electron chi connectivity index (χ3n) is 3.22. The maximum absolute atomic E-state index is 10.3. The summed E-state index contributed by atoms with van der Waals surface area (Å²) >= 11 is 0. The van der Waals surface area contributed by atoms with Crippen molar-refractivity contribution in [2.45, 2.75) is 50.6 Å². The third kappa shape index (κ3) is 5.46. The van der Waals surface area contributed by atoms with Crippen molar-refractivity contribution in [2.75, 3.05) is 13.1 Å². The highest BCUT2D eigenvalue weighted by Gasteiger charge is 2.19. The van der Waals surface area contributed by atoms with Gasteiger partial charge in [0.15, 0.2) is 0 Å². The molecule has 2 heterocycles. The van der Waals surface area contributed by atoms with Crippen molar-refractivity contribution >= 4 is 11.9 Å². The molecular weight excluding hydrogens is 236 g/mol. The second-order valence-corrected chi connectivity index (χ2v) is 4.68. The van der Waals surface area contributed by atoms with E-state index in [4.69, 9.17) is 10.2 Å². The van der Waals surface area contributed by atoms with E-state index in [-0.39, 0.29) is 12.1 Å². The Hall–Kier alpha value is -1.14. The molecule has 0 radical (unpaired) electrons. The SMILES string of the molecule is O=C(O)[C@H]1CCCCN1.O=C(O)[C@H]1CCCCN1. The maximum Gasteiger partial charge on any atom is 0.320 e. The van der Waals surface area contributed by atoms with Gasteiger partial charge in [-0.3, -0.25) is 9.59 Å². The van der Waals surface area contributed by atoms with Crippen molar-refractivity contribution in [3.63, 3.8) is 0 Å². The first-order valence-corrected chi connectivity index (χ1v) is 6.53. The Kier molecular flexibility index (Phi) is 6.67. The molecule has 0 unspecified atom stereocenters. The molecule has 0 spiro atoms. The first-order valence-electron chi connectivity index (χ1n) is 6.53. The molecule has 2 fully saturated rings. The molecule has 6 nitrogen and oxygen atoms in total. The van der Waals surface area contributed by atoms with Crippen LogP contribution in [-0.2, 0) is 9.59 Å². The molecule has 6 heteroatoms.